The van der Waals surface area contributed by atoms with E-state index in [4.69, 9.17) is 10.5 Å². The molecule has 18 heavy (non-hydrogen) atoms. The minimum absolute atomic E-state index is 0.119. The van der Waals surface area contributed by atoms with E-state index in [0.29, 0.717) is 23.9 Å². The average molecular weight is 250 g/mol. The van der Waals surface area contributed by atoms with Gasteiger partial charge in [0.15, 0.2) is 6.10 Å². The summed E-state index contributed by atoms with van der Waals surface area (Å²) >= 11 is 0. The molecule has 0 saturated carbocycles. The highest BCUT2D eigenvalue weighted by Crippen LogP contribution is 2.26. The van der Waals surface area contributed by atoms with Crippen molar-refractivity contribution in [2.75, 3.05) is 12.3 Å². The zero-order chi connectivity index (χ0) is 13.7. The highest BCUT2D eigenvalue weighted by Gasteiger charge is 2.16. The van der Waals surface area contributed by atoms with Gasteiger partial charge in [-0.1, -0.05) is 26.0 Å². The van der Waals surface area contributed by atoms with Gasteiger partial charge in [0, 0.05) is 6.54 Å². The van der Waals surface area contributed by atoms with Crippen molar-refractivity contribution in [2.24, 2.45) is 5.92 Å². The second-order valence-corrected chi connectivity index (χ2v) is 4.89. The molecule has 1 amide bonds. The number of aryl methyl sites for hydroxylation is 1. The van der Waals surface area contributed by atoms with Gasteiger partial charge in [-0.15, -0.1) is 0 Å². The smallest absolute Gasteiger partial charge is 0.260 e. The summed E-state index contributed by atoms with van der Waals surface area (Å²) in [4.78, 5) is 11.8. The maximum absolute atomic E-state index is 11.8. The van der Waals surface area contributed by atoms with Crippen LogP contribution < -0.4 is 15.8 Å². The predicted molar refractivity (Wildman–Crippen MR) is 73.5 cm³/mol. The molecule has 4 heteroatoms. The molecule has 0 aliphatic carbocycles. The Hall–Kier alpha value is -1.71. The normalized spacial score (nSPS) is 12.3. The molecule has 0 saturated heterocycles. The summed E-state index contributed by atoms with van der Waals surface area (Å²) in [5, 5.41) is 2.84. The van der Waals surface area contributed by atoms with Crippen LogP contribution in [-0.4, -0.2) is 18.6 Å². The van der Waals surface area contributed by atoms with Crippen molar-refractivity contribution in [1.82, 2.24) is 5.32 Å². The third-order valence-corrected chi connectivity index (χ3v) is 2.59. The van der Waals surface area contributed by atoms with Crippen LogP contribution in [0.5, 0.6) is 5.75 Å². The monoisotopic (exact) mass is 250 g/mol. The molecule has 1 aromatic rings. The third kappa shape index (κ3) is 3.95. The van der Waals surface area contributed by atoms with E-state index in [0.717, 1.165) is 5.56 Å². The first-order chi connectivity index (χ1) is 8.41. The lowest BCUT2D eigenvalue weighted by atomic mass is 10.2. The Morgan fingerprint density at radius 2 is 2.06 bits per heavy atom. The molecule has 0 aliphatic heterocycles. The fourth-order valence-corrected chi connectivity index (χ4v) is 1.51. The number of nitrogens with two attached hydrogens (primary N) is 1. The van der Waals surface area contributed by atoms with Gasteiger partial charge in [0.25, 0.3) is 5.91 Å². The summed E-state index contributed by atoms with van der Waals surface area (Å²) in [6.07, 6.45) is -0.549. The topological polar surface area (TPSA) is 64.3 Å². The number of carbonyl (C=O) groups excluding carboxylic acids is 1. The SMILES string of the molecule is Cc1cccc(N)c1OC(C)C(=O)NCC(C)C. The zero-order valence-electron chi connectivity index (χ0n) is 11.5. The van der Waals surface area contributed by atoms with Crippen molar-refractivity contribution < 1.29 is 9.53 Å². The molecule has 0 spiro atoms. The number of nitrogen functional groups attached to an aromatic ring is 1. The predicted octanol–water partition coefficient (Wildman–Crippen LogP) is 2.12. The van der Waals surface area contributed by atoms with Crippen LogP contribution in [0, 0.1) is 12.8 Å². The Morgan fingerprint density at radius 3 is 2.61 bits per heavy atom. The van der Waals surface area contributed by atoms with Crippen LogP contribution in [0.15, 0.2) is 18.2 Å². The molecule has 0 aliphatic rings. The first-order valence-electron chi connectivity index (χ1n) is 6.21. The highest BCUT2D eigenvalue weighted by atomic mass is 16.5. The lowest BCUT2D eigenvalue weighted by Crippen LogP contribution is -2.38. The number of carbonyl (C=O) groups is 1. The number of benzene rings is 1. The van der Waals surface area contributed by atoms with Gasteiger partial charge in [0.05, 0.1) is 5.69 Å². The number of nitrogens with one attached hydrogen (secondary N) is 1. The van der Waals surface area contributed by atoms with E-state index in [2.05, 4.69) is 5.32 Å². The quantitative estimate of drug-likeness (QED) is 0.787. The Kier molecular flexibility index (Phi) is 5.01. The van der Waals surface area contributed by atoms with Gasteiger partial charge in [-0.05, 0) is 31.4 Å². The Morgan fingerprint density at radius 1 is 1.39 bits per heavy atom. The van der Waals surface area contributed by atoms with Crippen molar-refractivity contribution in [3.05, 3.63) is 23.8 Å². The minimum atomic E-state index is -0.549. The van der Waals surface area contributed by atoms with Crippen molar-refractivity contribution >= 4 is 11.6 Å². The first kappa shape index (κ1) is 14.4. The summed E-state index contributed by atoms with van der Waals surface area (Å²) in [5.74, 6) is 0.890. The summed E-state index contributed by atoms with van der Waals surface area (Å²) in [7, 11) is 0. The third-order valence-electron chi connectivity index (χ3n) is 2.59. The van der Waals surface area contributed by atoms with Gasteiger partial charge in [0.2, 0.25) is 0 Å². The average Bonchev–Trinajstić information content (AvgIpc) is 2.30. The van der Waals surface area contributed by atoms with Crippen LogP contribution in [0.3, 0.4) is 0 Å². The van der Waals surface area contributed by atoms with Crippen molar-refractivity contribution in [3.8, 4) is 5.75 Å². The molecule has 1 unspecified atom stereocenters. The van der Waals surface area contributed by atoms with Crippen molar-refractivity contribution in [3.63, 3.8) is 0 Å². The van der Waals surface area contributed by atoms with E-state index in [1.54, 1.807) is 13.0 Å². The second kappa shape index (κ2) is 6.28. The molecule has 100 valence electrons. The molecule has 0 aromatic heterocycles. The Balaban J connectivity index is 2.64. The van der Waals surface area contributed by atoms with Crippen molar-refractivity contribution in [2.45, 2.75) is 33.8 Å². The molecule has 3 N–H and O–H groups in total. The Labute approximate surface area is 109 Å². The highest BCUT2D eigenvalue weighted by molar-refractivity contribution is 5.81. The number of hydrogen-bond acceptors (Lipinski definition) is 3. The molecule has 0 radical (unpaired) electrons. The minimum Gasteiger partial charge on any atom is -0.478 e. The van der Waals surface area contributed by atoms with E-state index in [1.807, 2.05) is 32.9 Å². The largest absolute Gasteiger partial charge is 0.478 e. The number of ether oxygens (including phenoxy) is 1. The van der Waals surface area contributed by atoms with E-state index in [1.165, 1.54) is 0 Å². The van der Waals surface area contributed by atoms with Crippen LogP contribution in [0.1, 0.15) is 26.3 Å². The molecule has 4 nitrogen and oxygen atoms in total. The number of amides is 1. The van der Waals surface area contributed by atoms with Gasteiger partial charge in [0.1, 0.15) is 5.75 Å². The number of para-hydroxylation sites is 1. The first-order valence-corrected chi connectivity index (χ1v) is 6.21. The summed E-state index contributed by atoms with van der Waals surface area (Å²) < 4.78 is 5.63. The summed E-state index contributed by atoms with van der Waals surface area (Å²) in [5.41, 5.74) is 7.32. The van der Waals surface area contributed by atoms with Gasteiger partial charge in [-0.2, -0.15) is 0 Å². The molecular weight excluding hydrogens is 228 g/mol. The van der Waals surface area contributed by atoms with Gasteiger partial charge in [-0.3, -0.25) is 4.79 Å². The fourth-order valence-electron chi connectivity index (χ4n) is 1.51. The molecule has 1 aromatic carbocycles. The number of hydrogen-bond donors (Lipinski definition) is 2. The lowest BCUT2D eigenvalue weighted by molar-refractivity contribution is -0.127. The molecule has 0 heterocycles. The maximum Gasteiger partial charge on any atom is 0.260 e. The fraction of sp³-hybridized carbons (Fsp3) is 0.500. The van der Waals surface area contributed by atoms with E-state index in [-0.39, 0.29) is 5.91 Å². The van der Waals surface area contributed by atoms with Crippen LogP contribution in [0.25, 0.3) is 0 Å². The van der Waals surface area contributed by atoms with E-state index < -0.39 is 6.10 Å². The van der Waals surface area contributed by atoms with Crippen LogP contribution >= 0.6 is 0 Å². The van der Waals surface area contributed by atoms with Gasteiger partial charge >= 0.3 is 0 Å². The molecule has 1 rings (SSSR count). The zero-order valence-corrected chi connectivity index (χ0v) is 11.5. The van der Waals surface area contributed by atoms with Gasteiger partial charge < -0.3 is 15.8 Å². The molecule has 1 atom stereocenters. The Bertz CT molecular complexity index is 396. The maximum atomic E-state index is 11.8. The lowest BCUT2D eigenvalue weighted by Gasteiger charge is -2.18. The molecular formula is C14H22N2O2. The number of rotatable bonds is 5. The standard InChI is InChI=1S/C14H22N2O2/c1-9(2)8-16-14(17)11(4)18-13-10(3)6-5-7-12(13)15/h5-7,9,11H,8,15H2,1-4H3,(H,16,17). The van der Waals surface area contributed by atoms with E-state index in [9.17, 15) is 4.79 Å². The number of anilines is 1. The van der Waals surface area contributed by atoms with Crippen LogP contribution in [0.4, 0.5) is 5.69 Å². The summed E-state index contributed by atoms with van der Waals surface area (Å²) in [6, 6.07) is 5.53. The summed E-state index contributed by atoms with van der Waals surface area (Å²) in [6.45, 7) is 8.37. The second-order valence-electron chi connectivity index (χ2n) is 4.89. The van der Waals surface area contributed by atoms with Crippen LogP contribution in [-0.2, 0) is 4.79 Å². The van der Waals surface area contributed by atoms with E-state index >= 15 is 0 Å². The molecule has 0 bridgehead atoms. The van der Waals surface area contributed by atoms with Crippen molar-refractivity contribution in [1.29, 1.82) is 0 Å². The molecule has 0 fully saturated rings. The van der Waals surface area contributed by atoms with Crippen LogP contribution in [0.2, 0.25) is 0 Å². The van der Waals surface area contributed by atoms with Gasteiger partial charge in [-0.25, -0.2) is 0 Å².